The lowest BCUT2D eigenvalue weighted by Gasteiger charge is -2.18. The SMILES string of the molecule is NNC(=O)NN.c1ccc(P(c2ccccc2)c2ccccc2)cc1. The van der Waals surface area contributed by atoms with Gasteiger partial charge < -0.3 is 0 Å². The molecule has 0 unspecified atom stereocenters. The van der Waals surface area contributed by atoms with Crippen molar-refractivity contribution in [3.63, 3.8) is 0 Å². The number of hydrazine groups is 2. The van der Waals surface area contributed by atoms with Gasteiger partial charge in [-0.2, -0.15) is 0 Å². The molecule has 6 N–H and O–H groups in total. The third-order valence-corrected chi connectivity index (χ3v) is 5.75. The molecule has 128 valence electrons. The molecular formula is C19H21N4OP. The van der Waals surface area contributed by atoms with E-state index in [4.69, 9.17) is 0 Å². The Hall–Kier alpha value is -2.72. The first-order chi connectivity index (χ1) is 12.3. The van der Waals surface area contributed by atoms with Crippen molar-refractivity contribution in [1.29, 1.82) is 0 Å². The van der Waals surface area contributed by atoms with Gasteiger partial charge in [0.2, 0.25) is 0 Å². The first-order valence-electron chi connectivity index (χ1n) is 7.68. The quantitative estimate of drug-likeness (QED) is 0.249. The number of amides is 2. The van der Waals surface area contributed by atoms with Crippen LogP contribution in [-0.2, 0) is 0 Å². The van der Waals surface area contributed by atoms with Crippen LogP contribution < -0.4 is 38.5 Å². The monoisotopic (exact) mass is 352 g/mol. The van der Waals surface area contributed by atoms with E-state index in [0.717, 1.165) is 0 Å². The minimum Gasteiger partial charge on any atom is -0.275 e. The van der Waals surface area contributed by atoms with Crippen molar-refractivity contribution in [1.82, 2.24) is 10.9 Å². The highest BCUT2D eigenvalue weighted by Crippen LogP contribution is 2.32. The number of hydrogen-bond acceptors (Lipinski definition) is 3. The van der Waals surface area contributed by atoms with Crippen LogP contribution in [-0.4, -0.2) is 6.03 Å². The molecule has 25 heavy (non-hydrogen) atoms. The molecule has 0 saturated heterocycles. The highest BCUT2D eigenvalue weighted by Gasteiger charge is 2.14. The zero-order chi connectivity index (χ0) is 17.9. The van der Waals surface area contributed by atoms with Crippen molar-refractivity contribution in [2.75, 3.05) is 0 Å². The van der Waals surface area contributed by atoms with E-state index in [1.807, 2.05) is 0 Å². The zero-order valence-corrected chi connectivity index (χ0v) is 14.6. The maximum Gasteiger partial charge on any atom is 0.343 e. The van der Waals surface area contributed by atoms with Gasteiger partial charge in [0.15, 0.2) is 0 Å². The summed E-state index contributed by atoms with van der Waals surface area (Å²) in [7, 11) is -0.446. The second kappa shape index (κ2) is 10.2. The molecule has 0 saturated carbocycles. The fourth-order valence-electron chi connectivity index (χ4n) is 2.22. The van der Waals surface area contributed by atoms with E-state index in [1.54, 1.807) is 10.9 Å². The lowest BCUT2D eigenvalue weighted by atomic mass is 10.4. The molecule has 0 aromatic heterocycles. The highest BCUT2D eigenvalue weighted by atomic mass is 31.1. The molecule has 0 bridgehead atoms. The molecule has 0 aliphatic rings. The Morgan fingerprint density at radius 2 is 0.880 bits per heavy atom. The van der Waals surface area contributed by atoms with Crippen LogP contribution in [0.25, 0.3) is 0 Å². The van der Waals surface area contributed by atoms with Crippen LogP contribution in [0.15, 0.2) is 91.0 Å². The average Bonchev–Trinajstić information content (AvgIpc) is 2.70. The van der Waals surface area contributed by atoms with Crippen LogP contribution in [0.2, 0.25) is 0 Å². The van der Waals surface area contributed by atoms with E-state index in [1.165, 1.54) is 15.9 Å². The molecule has 2 amide bonds. The number of nitrogens with two attached hydrogens (primary N) is 2. The molecule has 0 aliphatic heterocycles. The maximum absolute atomic E-state index is 9.71. The summed E-state index contributed by atoms with van der Waals surface area (Å²) < 4.78 is 0. The van der Waals surface area contributed by atoms with E-state index in [-0.39, 0.29) is 0 Å². The van der Waals surface area contributed by atoms with Crippen molar-refractivity contribution in [3.8, 4) is 0 Å². The third-order valence-electron chi connectivity index (χ3n) is 3.31. The lowest BCUT2D eigenvalue weighted by molar-refractivity contribution is 0.241. The maximum atomic E-state index is 9.71. The summed E-state index contributed by atoms with van der Waals surface area (Å²) in [5.74, 6) is 9.08. The van der Waals surface area contributed by atoms with Crippen LogP contribution in [0, 0.1) is 0 Å². The number of carbonyl (C=O) groups excluding carboxylic acids is 1. The fourth-order valence-corrected chi connectivity index (χ4v) is 4.53. The molecule has 0 radical (unpaired) electrons. The average molecular weight is 352 g/mol. The minimum absolute atomic E-state index is 0.446. The van der Waals surface area contributed by atoms with Gasteiger partial charge in [-0.25, -0.2) is 16.5 Å². The van der Waals surface area contributed by atoms with Crippen LogP contribution >= 0.6 is 7.92 Å². The fraction of sp³-hybridized carbons (Fsp3) is 0. The molecule has 3 rings (SSSR count). The van der Waals surface area contributed by atoms with Crippen molar-refractivity contribution >= 4 is 29.9 Å². The van der Waals surface area contributed by atoms with E-state index in [9.17, 15) is 4.79 Å². The number of nitrogens with one attached hydrogen (secondary N) is 2. The molecule has 0 aliphatic carbocycles. The van der Waals surface area contributed by atoms with Crippen molar-refractivity contribution in [2.45, 2.75) is 0 Å². The first-order valence-corrected chi connectivity index (χ1v) is 9.03. The van der Waals surface area contributed by atoms with Crippen LogP contribution in [0.4, 0.5) is 4.79 Å². The molecule has 6 heteroatoms. The summed E-state index contributed by atoms with van der Waals surface area (Å²) in [6.07, 6.45) is 0. The summed E-state index contributed by atoms with van der Waals surface area (Å²) in [6.45, 7) is 0. The van der Waals surface area contributed by atoms with Crippen LogP contribution in [0.1, 0.15) is 0 Å². The Balaban J connectivity index is 0.000000326. The zero-order valence-electron chi connectivity index (χ0n) is 13.7. The van der Waals surface area contributed by atoms with Gasteiger partial charge in [-0.1, -0.05) is 91.0 Å². The number of hydrogen-bond donors (Lipinski definition) is 4. The Morgan fingerprint density at radius 3 is 1.08 bits per heavy atom. The predicted molar refractivity (Wildman–Crippen MR) is 105 cm³/mol. The number of urea groups is 1. The summed E-state index contributed by atoms with van der Waals surface area (Å²) in [5, 5.41) is 4.19. The topological polar surface area (TPSA) is 93.2 Å². The molecule has 3 aromatic carbocycles. The van der Waals surface area contributed by atoms with Crippen molar-refractivity contribution in [3.05, 3.63) is 91.0 Å². The Morgan fingerprint density at radius 1 is 0.600 bits per heavy atom. The summed E-state index contributed by atoms with van der Waals surface area (Å²) in [6, 6.07) is 31.7. The third kappa shape index (κ3) is 5.69. The molecule has 5 nitrogen and oxygen atoms in total. The van der Waals surface area contributed by atoms with Gasteiger partial charge in [-0.15, -0.1) is 0 Å². The second-order valence-electron chi connectivity index (χ2n) is 4.96. The summed E-state index contributed by atoms with van der Waals surface area (Å²) in [4.78, 5) is 9.71. The number of rotatable bonds is 3. The van der Waals surface area contributed by atoms with Gasteiger partial charge in [0.05, 0.1) is 0 Å². The number of benzene rings is 3. The van der Waals surface area contributed by atoms with Crippen molar-refractivity contribution < 1.29 is 4.79 Å². The van der Waals surface area contributed by atoms with E-state index < -0.39 is 14.0 Å². The van der Waals surface area contributed by atoms with Gasteiger partial charge in [-0.3, -0.25) is 10.9 Å². The lowest BCUT2D eigenvalue weighted by Crippen LogP contribution is -2.43. The van der Waals surface area contributed by atoms with Gasteiger partial charge in [-0.05, 0) is 23.8 Å². The Bertz CT molecular complexity index is 654. The van der Waals surface area contributed by atoms with Crippen LogP contribution in [0.5, 0.6) is 0 Å². The molecular weight excluding hydrogens is 331 g/mol. The van der Waals surface area contributed by atoms with E-state index in [2.05, 4.69) is 103 Å². The molecule has 3 aromatic rings. The van der Waals surface area contributed by atoms with Gasteiger partial charge in [0, 0.05) is 0 Å². The van der Waals surface area contributed by atoms with Gasteiger partial charge >= 0.3 is 6.03 Å². The molecule has 0 spiro atoms. The largest absolute Gasteiger partial charge is 0.343 e. The Labute approximate surface area is 148 Å². The normalized spacial score (nSPS) is 9.72. The van der Waals surface area contributed by atoms with Gasteiger partial charge in [0.25, 0.3) is 0 Å². The second-order valence-corrected chi connectivity index (χ2v) is 7.18. The predicted octanol–water partition coefficient (Wildman–Crippen LogP) is 1.48. The molecule has 0 fully saturated rings. The van der Waals surface area contributed by atoms with Crippen molar-refractivity contribution in [2.24, 2.45) is 11.7 Å². The molecule has 0 heterocycles. The Kier molecular flexibility index (Phi) is 7.60. The highest BCUT2D eigenvalue weighted by molar-refractivity contribution is 7.79. The standard InChI is InChI=1S/C18H15P.CH6N4O/c1-4-10-16(11-5-1)19(17-12-6-2-7-13-17)18-14-8-3-9-15-18;2-4-1(6)5-3/h1-15H;2-3H2,(H2,4,5,6). The molecule has 0 atom stereocenters. The number of carbonyl (C=O) groups is 1. The van der Waals surface area contributed by atoms with Crippen LogP contribution in [0.3, 0.4) is 0 Å². The van der Waals surface area contributed by atoms with Gasteiger partial charge in [0.1, 0.15) is 0 Å². The first kappa shape index (κ1) is 18.6. The minimum atomic E-state index is -0.602. The smallest absolute Gasteiger partial charge is 0.275 e. The summed E-state index contributed by atoms with van der Waals surface area (Å²) >= 11 is 0. The van der Waals surface area contributed by atoms with E-state index >= 15 is 0 Å². The van der Waals surface area contributed by atoms with E-state index in [0.29, 0.717) is 0 Å². The summed E-state index contributed by atoms with van der Waals surface area (Å²) in [5.41, 5.74) is 3.48.